The molecule has 0 unspecified atom stereocenters. The van der Waals surface area contributed by atoms with Gasteiger partial charge in [-0.1, -0.05) is 12.1 Å². The van der Waals surface area contributed by atoms with Crippen molar-refractivity contribution in [2.75, 3.05) is 18.2 Å². The number of nitrogens with one attached hydrogen (secondary N) is 1. The Kier molecular flexibility index (Phi) is 4.70. The van der Waals surface area contributed by atoms with Crippen molar-refractivity contribution < 1.29 is 9.53 Å². The Labute approximate surface area is 125 Å². The molecule has 0 saturated carbocycles. The molecule has 0 bridgehead atoms. The molecule has 3 N–H and O–H groups in total. The lowest BCUT2D eigenvalue weighted by Gasteiger charge is -2.08. The van der Waals surface area contributed by atoms with E-state index in [1.165, 1.54) is 0 Å². The molecule has 0 aliphatic heterocycles. The van der Waals surface area contributed by atoms with Crippen molar-refractivity contribution in [3.05, 3.63) is 52.1 Å². The summed E-state index contributed by atoms with van der Waals surface area (Å²) in [5.74, 6) is -0.107. The Hall–Kier alpha value is -1.92. The minimum absolute atomic E-state index is 0.193. The van der Waals surface area contributed by atoms with Crippen molar-refractivity contribution in [3.8, 4) is 0 Å². The first-order valence-electron chi connectivity index (χ1n) is 5.90. The molecular formula is C14H14BrN3O2. The molecule has 1 amide bonds. The van der Waals surface area contributed by atoms with Crippen LogP contribution >= 0.6 is 15.9 Å². The highest BCUT2D eigenvalue weighted by Crippen LogP contribution is 2.18. The number of rotatable bonds is 4. The van der Waals surface area contributed by atoms with Gasteiger partial charge in [0, 0.05) is 23.5 Å². The second kappa shape index (κ2) is 6.49. The van der Waals surface area contributed by atoms with Gasteiger partial charge in [0.05, 0.1) is 12.2 Å². The summed E-state index contributed by atoms with van der Waals surface area (Å²) in [7, 11) is 1.62. The number of nitrogens with zero attached hydrogens (tertiary/aromatic N) is 1. The number of carbonyl (C=O) groups excluding carboxylic acids is 1. The molecule has 0 aliphatic rings. The van der Waals surface area contributed by atoms with E-state index in [2.05, 4.69) is 26.2 Å². The Balaban J connectivity index is 2.19. The lowest BCUT2D eigenvalue weighted by atomic mass is 10.2. The summed E-state index contributed by atoms with van der Waals surface area (Å²) < 4.78 is 5.76. The van der Waals surface area contributed by atoms with Gasteiger partial charge >= 0.3 is 0 Å². The lowest BCUT2D eigenvalue weighted by molar-refractivity contribution is 0.102. The lowest BCUT2D eigenvalue weighted by Crippen LogP contribution is -2.15. The van der Waals surface area contributed by atoms with Gasteiger partial charge in [-0.15, -0.1) is 0 Å². The molecule has 1 aromatic heterocycles. The maximum Gasteiger partial charge on any atom is 0.259 e. The number of anilines is 2. The van der Waals surface area contributed by atoms with Crippen molar-refractivity contribution in [2.45, 2.75) is 6.61 Å². The van der Waals surface area contributed by atoms with Crippen molar-refractivity contribution in [1.82, 2.24) is 4.98 Å². The van der Waals surface area contributed by atoms with Crippen LogP contribution in [-0.2, 0) is 11.3 Å². The molecule has 0 aliphatic carbocycles. The number of nitrogen functional groups attached to an aromatic ring is 1. The van der Waals surface area contributed by atoms with Gasteiger partial charge in [0.1, 0.15) is 5.82 Å². The van der Waals surface area contributed by atoms with Crippen molar-refractivity contribution in [2.24, 2.45) is 0 Å². The maximum atomic E-state index is 12.2. The minimum atomic E-state index is -0.300. The number of methoxy groups -OCH3 is 1. The Bertz CT molecular complexity index is 632. The van der Waals surface area contributed by atoms with E-state index in [9.17, 15) is 4.79 Å². The molecule has 0 radical (unpaired) electrons. The number of nitrogens with two attached hydrogens (primary N) is 1. The second-order valence-corrected chi connectivity index (χ2v) is 5.09. The predicted octanol–water partition coefficient (Wildman–Crippen LogP) is 2.83. The highest BCUT2D eigenvalue weighted by molar-refractivity contribution is 9.10. The Morgan fingerprint density at radius 1 is 1.45 bits per heavy atom. The SMILES string of the molecule is COCc1cccc(NC(=O)c2cc(Br)cnc2N)c1. The molecule has 2 rings (SSSR count). The summed E-state index contributed by atoms with van der Waals surface area (Å²) in [4.78, 5) is 16.1. The minimum Gasteiger partial charge on any atom is -0.383 e. The molecule has 1 aromatic carbocycles. The van der Waals surface area contributed by atoms with E-state index < -0.39 is 0 Å². The van der Waals surface area contributed by atoms with E-state index in [1.54, 1.807) is 25.4 Å². The van der Waals surface area contributed by atoms with E-state index in [4.69, 9.17) is 10.5 Å². The summed E-state index contributed by atoms with van der Waals surface area (Å²) in [6.07, 6.45) is 1.55. The zero-order valence-corrected chi connectivity index (χ0v) is 12.5. The standard InChI is InChI=1S/C14H14BrN3O2/c1-20-8-9-3-2-4-11(5-9)18-14(19)12-6-10(15)7-17-13(12)16/h2-7H,8H2,1H3,(H2,16,17)(H,18,19). The summed E-state index contributed by atoms with van der Waals surface area (Å²) in [6, 6.07) is 9.07. The fourth-order valence-electron chi connectivity index (χ4n) is 1.74. The van der Waals surface area contributed by atoms with Crippen LogP contribution in [-0.4, -0.2) is 18.0 Å². The van der Waals surface area contributed by atoms with Gasteiger partial charge in [0.15, 0.2) is 0 Å². The predicted molar refractivity (Wildman–Crippen MR) is 81.5 cm³/mol. The summed E-state index contributed by atoms with van der Waals surface area (Å²) in [5, 5.41) is 2.79. The molecule has 6 heteroatoms. The first kappa shape index (κ1) is 14.5. The van der Waals surface area contributed by atoms with E-state index >= 15 is 0 Å². The zero-order valence-electron chi connectivity index (χ0n) is 10.9. The summed E-state index contributed by atoms with van der Waals surface area (Å²) in [6.45, 7) is 0.490. The van der Waals surface area contributed by atoms with E-state index in [0.29, 0.717) is 22.3 Å². The van der Waals surface area contributed by atoms with Gasteiger partial charge in [-0.2, -0.15) is 0 Å². The zero-order chi connectivity index (χ0) is 14.5. The van der Waals surface area contributed by atoms with E-state index in [1.807, 2.05) is 18.2 Å². The molecule has 20 heavy (non-hydrogen) atoms. The van der Waals surface area contributed by atoms with Crippen molar-refractivity contribution in [1.29, 1.82) is 0 Å². The van der Waals surface area contributed by atoms with Gasteiger partial charge in [-0.3, -0.25) is 4.79 Å². The van der Waals surface area contributed by atoms with Crippen LogP contribution in [0.1, 0.15) is 15.9 Å². The van der Waals surface area contributed by atoms with Crippen molar-refractivity contribution >= 4 is 33.3 Å². The van der Waals surface area contributed by atoms with Crippen LogP contribution in [0.3, 0.4) is 0 Å². The average Bonchev–Trinajstić information content (AvgIpc) is 2.42. The molecule has 0 spiro atoms. The van der Waals surface area contributed by atoms with Crippen LogP contribution in [0.5, 0.6) is 0 Å². The average molecular weight is 336 g/mol. The number of carbonyl (C=O) groups is 1. The molecular weight excluding hydrogens is 322 g/mol. The van der Waals surface area contributed by atoms with Crippen LogP contribution in [0.25, 0.3) is 0 Å². The third-order valence-corrected chi connectivity index (χ3v) is 3.06. The monoisotopic (exact) mass is 335 g/mol. The van der Waals surface area contributed by atoms with Gasteiger partial charge in [-0.25, -0.2) is 4.98 Å². The quantitative estimate of drug-likeness (QED) is 0.900. The van der Waals surface area contributed by atoms with Crippen LogP contribution in [0.2, 0.25) is 0 Å². The largest absolute Gasteiger partial charge is 0.383 e. The topological polar surface area (TPSA) is 77.2 Å². The normalized spacial score (nSPS) is 10.3. The number of hydrogen-bond acceptors (Lipinski definition) is 4. The third-order valence-electron chi connectivity index (χ3n) is 2.63. The van der Waals surface area contributed by atoms with Crippen LogP contribution < -0.4 is 11.1 Å². The highest BCUT2D eigenvalue weighted by Gasteiger charge is 2.11. The summed E-state index contributed by atoms with van der Waals surface area (Å²) >= 11 is 3.27. The number of hydrogen-bond donors (Lipinski definition) is 2. The molecule has 0 saturated heterocycles. The first-order chi connectivity index (χ1) is 9.60. The van der Waals surface area contributed by atoms with E-state index in [-0.39, 0.29) is 11.7 Å². The fraction of sp³-hybridized carbons (Fsp3) is 0.143. The number of halogens is 1. The number of amides is 1. The molecule has 104 valence electrons. The molecule has 0 atom stereocenters. The van der Waals surface area contributed by atoms with Gasteiger partial charge in [0.2, 0.25) is 0 Å². The fourth-order valence-corrected chi connectivity index (χ4v) is 2.07. The molecule has 2 aromatic rings. The molecule has 1 heterocycles. The van der Waals surface area contributed by atoms with Crippen molar-refractivity contribution in [3.63, 3.8) is 0 Å². The molecule has 5 nitrogen and oxygen atoms in total. The second-order valence-electron chi connectivity index (χ2n) is 4.17. The van der Waals surface area contributed by atoms with Crippen LogP contribution in [0.15, 0.2) is 41.0 Å². The number of pyridine rings is 1. The number of aromatic nitrogens is 1. The Morgan fingerprint density at radius 3 is 3.00 bits per heavy atom. The first-order valence-corrected chi connectivity index (χ1v) is 6.69. The summed E-state index contributed by atoms with van der Waals surface area (Å²) in [5.41, 5.74) is 7.70. The maximum absolute atomic E-state index is 12.2. The molecule has 0 fully saturated rings. The highest BCUT2D eigenvalue weighted by atomic mass is 79.9. The van der Waals surface area contributed by atoms with Gasteiger partial charge in [0.25, 0.3) is 5.91 Å². The smallest absolute Gasteiger partial charge is 0.259 e. The van der Waals surface area contributed by atoms with E-state index in [0.717, 1.165) is 5.56 Å². The third kappa shape index (κ3) is 3.55. The van der Waals surface area contributed by atoms with Gasteiger partial charge < -0.3 is 15.8 Å². The van der Waals surface area contributed by atoms with Crippen LogP contribution in [0.4, 0.5) is 11.5 Å². The van der Waals surface area contributed by atoms with Gasteiger partial charge in [-0.05, 0) is 39.7 Å². The number of ether oxygens (including phenoxy) is 1. The number of benzene rings is 1. The van der Waals surface area contributed by atoms with Crippen LogP contribution in [0, 0.1) is 0 Å². The Morgan fingerprint density at radius 2 is 2.25 bits per heavy atom.